The molecule has 2 atom stereocenters. The van der Waals surface area contributed by atoms with Crippen molar-refractivity contribution in [1.82, 2.24) is 4.90 Å². The largest absolute Gasteiger partial charge is 0.496 e. The molecule has 0 aromatic heterocycles. The van der Waals surface area contributed by atoms with Crippen molar-refractivity contribution in [3.63, 3.8) is 0 Å². The van der Waals surface area contributed by atoms with E-state index in [1.807, 2.05) is 53.4 Å². The van der Waals surface area contributed by atoms with Crippen LogP contribution in [0.5, 0.6) is 5.75 Å². The number of sulfone groups is 1. The third-order valence-electron chi connectivity index (χ3n) is 5.89. The first-order valence-electron chi connectivity index (χ1n) is 9.89. The summed E-state index contributed by atoms with van der Waals surface area (Å²) in [6.45, 7) is 2.75. The van der Waals surface area contributed by atoms with E-state index in [0.29, 0.717) is 6.54 Å². The van der Waals surface area contributed by atoms with Crippen molar-refractivity contribution in [3.05, 3.63) is 59.7 Å². The quantitative estimate of drug-likeness (QED) is 0.751. The predicted molar refractivity (Wildman–Crippen MR) is 113 cm³/mol. The second kappa shape index (κ2) is 7.80. The fraction of sp³-hybridized carbons (Fsp3) is 0.409. The Hall–Kier alpha value is -2.38. The summed E-state index contributed by atoms with van der Waals surface area (Å²) in [6, 6.07) is 14.9. The average molecular weight is 415 g/mol. The zero-order valence-electron chi connectivity index (χ0n) is 16.7. The van der Waals surface area contributed by atoms with Crippen LogP contribution in [0.2, 0.25) is 0 Å². The lowest BCUT2D eigenvalue weighted by molar-refractivity contribution is -0.123. The van der Waals surface area contributed by atoms with E-state index >= 15 is 0 Å². The van der Waals surface area contributed by atoms with Crippen LogP contribution in [0.25, 0.3) is 0 Å². The maximum absolute atomic E-state index is 13.1. The van der Waals surface area contributed by atoms with Gasteiger partial charge in [0.2, 0.25) is 5.91 Å². The van der Waals surface area contributed by atoms with E-state index in [2.05, 4.69) is 6.92 Å². The zero-order chi connectivity index (χ0) is 20.6. The number of para-hydroxylation sites is 1. The molecule has 29 heavy (non-hydrogen) atoms. The van der Waals surface area contributed by atoms with Crippen molar-refractivity contribution in [2.75, 3.05) is 30.1 Å². The lowest BCUT2D eigenvalue weighted by Crippen LogP contribution is -2.61. The molecule has 2 aliphatic heterocycles. The molecule has 0 N–H and O–H groups in total. The molecular formula is C22H26N2O4S. The number of anilines is 1. The summed E-state index contributed by atoms with van der Waals surface area (Å²) in [6.07, 6.45) is 0.918. The number of aryl methyl sites for hydroxylation is 1. The molecule has 0 spiro atoms. The maximum Gasteiger partial charge on any atom is 0.241 e. The second-order valence-electron chi connectivity index (χ2n) is 7.71. The van der Waals surface area contributed by atoms with Crippen molar-refractivity contribution in [3.8, 4) is 5.75 Å². The number of methoxy groups -OCH3 is 1. The Bertz CT molecular complexity index is 1000. The number of carbonyl (C=O) groups is 1. The number of rotatable bonds is 5. The van der Waals surface area contributed by atoms with Gasteiger partial charge in [-0.2, -0.15) is 0 Å². The van der Waals surface area contributed by atoms with Crippen molar-refractivity contribution in [1.29, 1.82) is 0 Å². The number of carbonyl (C=O) groups excluding carboxylic acids is 1. The zero-order valence-corrected chi connectivity index (χ0v) is 17.6. The standard InChI is InChI=1S/C22H26N2O4S/c1-3-16-8-10-18(11-9-16)24-20-15-29(26,27)14-19(20)23(13-22(24)25)12-17-6-4-5-7-21(17)28-2/h4-11,19-20H,3,12-15H2,1-2H3/t19-,20+/m0/s1. The molecule has 2 aliphatic rings. The van der Waals surface area contributed by atoms with Gasteiger partial charge in [-0.25, -0.2) is 8.42 Å². The number of hydrogen-bond donors (Lipinski definition) is 0. The molecule has 2 fully saturated rings. The van der Waals surface area contributed by atoms with Crippen LogP contribution in [-0.2, 0) is 27.6 Å². The molecule has 7 heteroatoms. The van der Waals surface area contributed by atoms with Crippen LogP contribution in [0.1, 0.15) is 18.1 Å². The van der Waals surface area contributed by atoms with Gasteiger partial charge in [-0.1, -0.05) is 37.3 Å². The van der Waals surface area contributed by atoms with E-state index in [0.717, 1.165) is 23.4 Å². The maximum atomic E-state index is 13.1. The fourth-order valence-electron chi connectivity index (χ4n) is 4.41. The van der Waals surface area contributed by atoms with Crippen LogP contribution in [0.3, 0.4) is 0 Å². The van der Waals surface area contributed by atoms with Gasteiger partial charge in [-0.3, -0.25) is 9.69 Å². The molecule has 0 aliphatic carbocycles. The molecule has 2 aromatic carbocycles. The topological polar surface area (TPSA) is 66.9 Å². The SMILES string of the molecule is CCc1ccc(N2C(=O)CN(Cc3ccccc3OC)[C@H]3CS(=O)(=O)C[C@H]32)cc1. The van der Waals surface area contributed by atoms with E-state index in [1.165, 1.54) is 5.56 Å². The minimum atomic E-state index is -3.21. The van der Waals surface area contributed by atoms with Crippen LogP contribution < -0.4 is 9.64 Å². The molecule has 0 unspecified atom stereocenters. The number of ether oxygens (including phenoxy) is 1. The molecular weight excluding hydrogens is 388 g/mol. The summed E-state index contributed by atoms with van der Waals surface area (Å²) in [4.78, 5) is 16.8. The smallest absolute Gasteiger partial charge is 0.241 e. The summed E-state index contributed by atoms with van der Waals surface area (Å²) in [5.41, 5.74) is 2.91. The normalized spacial score (nSPS) is 23.8. The molecule has 0 bridgehead atoms. The Morgan fingerprint density at radius 1 is 1.03 bits per heavy atom. The van der Waals surface area contributed by atoms with Gasteiger partial charge in [-0.05, 0) is 30.2 Å². The van der Waals surface area contributed by atoms with Crippen molar-refractivity contribution in [2.45, 2.75) is 32.0 Å². The summed E-state index contributed by atoms with van der Waals surface area (Å²) in [5, 5.41) is 0. The van der Waals surface area contributed by atoms with E-state index in [-0.39, 0.29) is 36.0 Å². The molecule has 0 radical (unpaired) electrons. The Kier molecular flexibility index (Phi) is 5.36. The van der Waals surface area contributed by atoms with Crippen LogP contribution in [0, 0.1) is 0 Å². The highest BCUT2D eigenvalue weighted by atomic mass is 32.2. The van der Waals surface area contributed by atoms with Gasteiger partial charge in [0.15, 0.2) is 9.84 Å². The number of benzene rings is 2. The van der Waals surface area contributed by atoms with Gasteiger partial charge in [0.25, 0.3) is 0 Å². The highest BCUT2D eigenvalue weighted by Crippen LogP contribution is 2.33. The van der Waals surface area contributed by atoms with E-state index < -0.39 is 9.84 Å². The van der Waals surface area contributed by atoms with Crippen LogP contribution in [-0.4, -0.2) is 56.5 Å². The van der Waals surface area contributed by atoms with Crippen LogP contribution >= 0.6 is 0 Å². The monoisotopic (exact) mass is 414 g/mol. The number of nitrogens with zero attached hydrogens (tertiary/aromatic N) is 2. The van der Waals surface area contributed by atoms with Crippen molar-refractivity contribution in [2.24, 2.45) is 0 Å². The molecule has 0 saturated carbocycles. The summed E-state index contributed by atoms with van der Waals surface area (Å²) in [7, 11) is -1.60. The third-order valence-corrected chi connectivity index (χ3v) is 7.59. The lowest BCUT2D eigenvalue weighted by atomic mass is 10.0. The second-order valence-corrected chi connectivity index (χ2v) is 9.87. The Balaban J connectivity index is 1.66. The van der Waals surface area contributed by atoms with Gasteiger partial charge in [0.1, 0.15) is 5.75 Å². The van der Waals surface area contributed by atoms with Crippen LogP contribution in [0.4, 0.5) is 5.69 Å². The minimum absolute atomic E-state index is 0.00135. The number of fused-ring (bicyclic) bond motifs is 1. The first-order valence-corrected chi connectivity index (χ1v) is 11.7. The molecule has 2 heterocycles. The highest BCUT2D eigenvalue weighted by molar-refractivity contribution is 7.91. The number of amides is 1. The molecule has 1 amide bonds. The Labute approximate surface area is 172 Å². The molecule has 2 aromatic rings. The molecule has 154 valence electrons. The van der Waals surface area contributed by atoms with Gasteiger partial charge in [0.05, 0.1) is 31.2 Å². The van der Waals surface area contributed by atoms with Gasteiger partial charge >= 0.3 is 0 Å². The Morgan fingerprint density at radius 3 is 2.41 bits per heavy atom. The van der Waals surface area contributed by atoms with Crippen molar-refractivity contribution < 1.29 is 17.9 Å². The molecule has 4 rings (SSSR count). The Morgan fingerprint density at radius 2 is 1.72 bits per heavy atom. The van der Waals surface area contributed by atoms with Crippen LogP contribution in [0.15, 0.2) is 48.5 Å². The van der Waals surface area contributed by atoms with Gasteiger partial charge in [-0.15, -0.1) is 0 Å². The highest BCUT2D eigenvalue weighted by Gasteiger charge is 2.49. The average Bonchev–Trinajstić information content (AvgIpc) is 3.04. The van der Waals surface area contributed by atoms with Crippen molar-refractivity contribution >= 4 is 21.4 Å². The van der Waals surface area contributed by atoms with E-state index in [9.17, 15) is 13.2 Å². The number of hydrogen-bond acceptors (Lipinski definition) is 5. The first kappa shape index (κ1) is 19.9. The first-order chi connectivity index (χ1) is 13.9. The van der Waals surface area contributed by atoms with Gasteiger partial charge < -0.3 is 9.64 Å². The molecule has 6 nitrogen and oxygen atoms in total. The summed E-state index contributed by atoms with van der Waals surface area (Å²) < 4.78 is 30.5. The summed E-state index contributed by atoms with van der Waals surface area (Å²) >= 11 is 0. The van der Waals surface area contributed by atoms with E-state index in [1.54, 1.807) is 12.0 Å². The minimum Gasteiger partial charge on any atom is -0.496 e. The summed E-state index contributed by atoms with van der Waals surface area (Å²) in [5.74, 6) is 0.753. The predicted octanol–water partition coefficient (Wildman–Crippen LogP) is 2.27. The third kappa shape index (κ3) is 3.89. The lowest BCUT2D eigenvalue weighted by Gasteiger charge is -2.43. The number of piperazine rings is 1. The fourth-order valence-corrected chi connectivity index (χ4v) is 6.39. The molecule has 2 saturated heterocycles. The van der Waals surface area contributed by atoms with Gasteiger partial charge in [0, 0.05) is 23.8 Å². The van der Waals surface area contributed by atoms with E-state index in [4.69, 9.17) is 4.74 Å².